The normalized spacial score (nSPS) is 26.6. The van der Waals surface area contributed by atoms with Crippen molar-refractivity contribution in [2.75, 3.05) is 44.3 Å². The summed E-state index contributed by atoms with van der Waals surface area (Å²) in [5, 5.41) is 15.8. The lowest BCUT2D eigenvalue weighted by molar-refractivity contribution is -0.126. The number of hydrogen-bond acceptors (Lipinski definition) is 6. The van der Waals surface area contributed by atoms with Gasteiger partial charge in [-0.25, -0.2) is 0 Å². The van der Waals surface area contributed by atoms with E-state index in [9.17, 15) is 14.7 Å². The molecule has 2 amide bonds. The highest BCUT2D eigenvalue weighted by Crippen LogP contribution is 2.35. The van der Waals surface area contributed by atoms with E-state index >= 15 is 0 Å². The molecule has 3 atom stereocenters. The summed E-state index contributed by atoms with van der Waals surface area (Å²) in [6.45, 7) is 3.01. The molecule has 0 aromatic heterocycles. The van der Waals surface area contributed by atoms with Gasteiger partial charge in [0.2, 0.25) is 11.8 Å². The van der Waals surface area contributed by atoms with E-state index in [-0.39, 0.29) is 42.5 Å². The molecular weight excluding hydrogens is 374 g/mol. The van der Waals surface area contributed by atoms with Crippen LogP contribution in [0.4, 0.5) is 5.69 Å². The predicted molar refractivity (Wildman–Crippen MR) is 101 cm³/mol. The van der Waals surface area contributed by atoms with Gasteiger partial charge in [0.1, 0.15) is 13.2 Å². The van der Waals surface area contributed by atoms with E-state index < -0.39 is 6.10 Å². The van der Waals surface area contributed by atoms with Crippen molar-refractivity contribution >= 4 is 29.9 Å². The van der Waals surface area contributed by atoms with Gasteiger partial charge in [-0.15, -0.1) is 12.4 Å². The maximum absolute atomic E-state index is 12.4. The number of aliphatic hydroxyl groups excluding tert-OH is 1. The molecule has 0 aliphatic carbocycles. The lowest BCUT2D eigenvalue weighted by atomic mass is 10.0. The van der Waals surface area contributed by atoms with E-state index in [0.717, 1.165) is 0 Å². The first-order valence-electron chi connectivity index (χ1n) is 8.98. The van der Waals surface area contributed by atoms with Gasteiger partial charge in [-0.2, -0.15) is 0 Å². The zero-order valence-corrected chi connectivity index (χ0v) is 15.7. The Morgan fingerprint density at radius 2 is 2.04 bits per heavy atom. The van der Waals surface area contributed by atoms with Crippen molar-refractivity contribution in [1.29, 1.82) is 0 Å². The van der Waals surface area contributed by atoms with Gasteiger partial charge in [-0.1, -0.05) is 0 Å². The first kappa shape index (κ1) is 19.7. The number of rotatable bonds is 4. The first-order chi connectivity index (χ1) is 12.6. The summed E-state index contributed by atoms with van der Waals surface area (Å²) in [4.78, 5) is 26.4. The predicted octanol–water partition coefficient (Wildman–Crippen LogP) is -0.0710. The molecule has 1 aromatic rings. The molecule has 9 heteroatoms. The Hall–Kier alpha value is -2.03. The maximum atomic E-state index is 12.4. The van der Waals surface area contributed by atoms with Crippen molar-refractivity contribution in [2.24, 2.45) is 11.8 Å². The number of benzene rings is 1. The van der Waals surface area contributed by atoms with Crippen LogP contribution in [0.5, 0.6) is 11.5 Å². The second-order valence-corrected chi connectivity index (χ2v) is 6.96. The Morgan fingerprint density at radius 3 is 2.78 bits per heavy atom. The van der Waals surface area contributed by atoms with Gasteiger partial charge in [0.05, 0.1) is 12.0 Å². The van der Waals surface area contributed by atoms with Crippen molar-refractivity contribution in [3.05, 3.63) is 18.2 Å². The standard InChI is InChI=1S/C18H23N3O5.ClH/c22-14-9-19-7-12(14)8-20-18(24)11-5-17(23)21(10-11)13-1-2-15-16(6-13)26-4-3-25-15;/h1-2,6,11-12,14,19,22H,3-5,7-10H2,(H,20,24);1H. The van der Waals surface area contributed by atoms with Gasteiger partial charge in [-0.3, -0.25) is 9.59 Å². The number of β-amino-alcohol motifs (C(OH)–C–C–N with tert-alkyl or cyclic N) is 1. The molecule has 3 heterocycles. The molecule has 3 unspecified atom stereocenters. The van der Waals surface area contributed by atoms with Crippen LogP contribution in [0.1, 0.15) is 6.42 Å². The number of aliphatic hydroxyl groups is 1. The van der Waals surface area contributed by atoms with Crippen molar-refractivity contribution in [1.82, 2.24) is 10.6 Å². The van der Waals surface area contributed by atoms with E-state index in [1.54, 1.807) is 17.0 Å². The highest BCUT2D eigenvalue weighted by molar-refractivity contribution is 6.00. The maximum Gasteiger partial charge on any atom is 0.227 e. The topological polar surface area (TPSA) is 100 Å². The number of nitrogens with zero attached hydrogens (tertiary/aromatic N) is 1. The summed E-state index contributed by atoms with van der Waals surface area (Å²) >= 11 is 0. The number of anilines is 1. The molecule has 148 valence electrons. The van der Waals surface area contributed by atoms with Crippen molar-refractivity contribution in [3.63, 3.8) is 0 Å². The number of fused-ring (bicyclic) bond motifs is 1. The summed E-state index contributed by atoms with van der Waals surface area (Å²) < 4.78 is 11.1. The lowest BCUT2D eigenvalue weighted by Crippen LogP contribution is -2.38. The SMILES string of the molecule is Cl.O=C(NCC1CNCC1O)C1CC(=O)N(c2ccc3c(c2)OCCO3)C1. The largest absolute Gasteiger partial charge is 0.486 e. The highest BCUT2D eigenvalue weighted by atomic mass is 35.5. The van der Waals surface area contributed by atoms with Gasteiger partial charge in [0, 0.05) is 50.3 Å². The molecular formula is C18H24ClN3O5. The summed E-state index contributed by atoms with van der Waals surface area (Å²) in [6.07, 6.45) is -0.249. The number of ether oxygens (including phenoxy) is 2. The third-order valence-corrected chi connectivity index (χ3v) is 5.18. The molecule has 0 spiro atoms. The average Bonchev–Trinajstić information content (AvgIpc) is 3.25. The number of hydrogen-bond donors (Lipinski definition) is 3. The van der Waals surface area contributed by atoms with E-state index in [1.807, 2.05) is 6.07 Å². The zero-order chi connectivity index (χ0) is 18.1. The van der Waals surface area contributed by atoms with Gasteiger partial charge >= 0.3 is 0 Å². The summed E-state index contributed by atoms with van der Waals surface area (Å²) in [7, 11) is 0. The smallest absolute Gasteiger partial charge is 0.227 e. The summed E-state index contributed by atoms with van der Waals surface area (Å²) in [6, 6.07) is 5.39. The molecule has 8 nitrogen and oxygen atoms in total. The van der Waals surface area contributed by atoms with Crippen molar-refractivity contribution in [3.8, 4) is 11.5 Å². The van der Waals surface area contributed by atoms with Gasteiger partial charge in [-0.05, 0) is 12.1 Å². The van der Waals surface area contributed by atoms with Crippen LogP contribution in [0.2, 0.25) is 0 Å². The zero-order valence-electron chi connectivity index (χ0n) is 14.8. The van der Waals surface area contributed by atoms with Crippen molar-refractivity contribution < 1.29 is 24.2 Å². The molecule has 3 N–H and O–H groups in total. The fourth-order valence-corrected chi connectivity index (χ4v) is 3.64. The minimum Gasteiger partial charge on any atom is -0.486 e. The van der Waals surface area contributed by atoms with Gasteiger partial charge < -0.3 is 30.1 Å². The minimum absolute atomic E-state index is 0. The Morgan fingerprint density at radius 1 is 1.26 bits per heavy atom. The third kappa shape index (κ3) is 4.12. The van der Waals surface area contributed by atoms with Crippen LogP contribution in [0.15, 0.2) is 18.2 Å². The van der Waals surface area contributed by atoms with Crippen LogP contribution in [-0.4, -0.2) is 62.4 Å². The number of carbonyl (C=O) groups excluding carboxylic acids is 2. The Kier molecular flexibility index (Phi) is 6.08. The van der Waals surface area contributed by atoms with Crippen molar-refractivity contribution in [2.45, 2.75) is 12.5 Å². The molecule has 4 rings (SSSR count). The van der Waals surface area contributed by atoms with Gasteiger partial charge in [0.25, 0.3) is 0 Å². The number of amides is 2. The molecule has 3 aliphatic rings. The second-order valence-electron chi connectivity index (χ2n) is 6.96. The first-order valence-corrected chi connectivity index (χ1v) is 8.98. The van der Waals surface area contributed by atoms with Crippen LogP contribution >= 0.6 is 12.4 Å². The minimum atomic E-state index is -0.435. The number of nitrogens with one attached hydrogen (secondary N) is 2. The monoisotopic (exact) mass is 397 g/mol. The number of halogens is 1. The molecule has 2 fully saturated rings. The van der Waals surface area contributed by atoms with E-state index in [2.05, 4.69) is 10.6 Å². The lowest BCUT2D eigenvalue weighted by Gasteiger charge is -2.22. The van der Waals surface area contributed by atoms with E-state index in [1.165, 1.54) is 0 Å². The second kappa shape index (κ2) is 8.33. The number of carbonyl (C=O) groups is 2. The third-order valence-electron chi connectivity index (χ3n) is 5.18. The molecule has 3 aliphatic heterocycles. The highest BCUT2D eigenvalue weighted by Gasteiger charge is 2.36. The van der Waals surface area contributed by atoms with Gasteiger partial charge in [0.15, 0.2) is 11.5 Å². The Labute approximate surface area is 163 Å². The van der Waals surface area contributed by atoms with Crippen LogP contribution in [0.3, 0.4) is 0 Å². The molecule has 2 saturated heterocycles. The fourth-order valence-electron chi connectivity index (χ4n) is 3.64. The molecule has 0 bridgehead atoms. The fraction of sp³-hybridized carbons (Fsp3) is 0.556. The average molecular weight is 398 g/mol. The van der Waals surface area contributed by atoms with E-state index in [4.69, 9.17) is 9.47 Å². The molecule has 1 aromatic carbocycles. The molecule has 0 saturated carbocycles. The Balaban J connectivity index is 0.00000210. The quantitative estimate of drug-likeness (QED) is 0.657. The Bertz CT molecular complexity index is 716. The van der Waals surface area contributed by atoms with Crippen LogP contribution < -0.4 is 25.0 Å². The summed E-state index contributed by atoms with van der Waals surface area (Å²) in [5.41, 5.74) is 0.713. The van der Waals surface area contributed by atoms with Crippen LogP contribution in [0.25, 0.3) is 0 Å². The van der Waals surface area contributed by atoms with E-state index in [0.29, 0.717) is 56.6 Å². The van der Waals surface area contributed by atoms with Crippen LogP contribution in [-0.2, 0) is 9.59 Å². The molecule has 27 heavy (non-hydrogen) atoms. The summed E-state index contributed by atoms with van der Waals surface area (Å²) in [5.74, 6) is 0.705. The molecule has 0 radical (unpaired) electrons. The van der Waals surface area contributed by atoms with Crippen LogP contribution in [0, 0.1) is 11.8 Å².